The molecular weight excluding hydrogens is 895 g/mol. The van der Waals surface area contributed by atoms with Crippen LogP contribution in [0.4, 0.5) is 0 Å². The number of hydrogen-bond donors (Lipinski definition) is 1. The van der Waals surface area contributed by atoms with E-state index >= 15 is 0 Å². The monoisotopic (exact) mass is 991 g/mol. The third-order valence-corrected chi connectivity index (χ3v) is 41.2. The minimum Gasteiger partial charge on any atom is -0.0622 e. The molecule has 0 spiro atoms. The fourth-order valence-electron chi connectivity index (χ4n) is 9.63. The maximum absolute atomic E-state index is 13.6. The van der Waals surface area contributed by atoms with Crippen LogP contribution in [-0.2, 0) is 18.3 Å². The second-order valence-electron chi connectivity index (χ2n) is 21.0. The molecule has 6 atom stereocenters. The van der Waals surface area contributed by atoms with E-state index in [1.807, 2.05) is 25.1 Å². The normalized spacial score (nSPS) is 18.5. The molecule has 9 heteroatoms. The minimum atomic E-state index is -2.82. The number of allylic oxidation sites excluding steroid dienone is 1. The number of epoxide rings is 1. The minimum absolute atomic E-state index is 0.0216. The van der Waals surface area contributed by atoms with E-state index in [0.717, 1.165) is 12.8 Å². The van der Waals surface area contributed by atoms with Crippen molar-refractivity contribution in [2.75, 3.05) is 0 Å². The Morgan fingerprint density at radius 3 is 1.82 bits per heavy atom. The van der Waals surface area contributed by atoms with Crippen LogP contribution >= 0.6 is 0 Å². The maximum atomic E-state index is 13.6. The first kappa shape index (κ1) is 56.1. The topological polar surface area (TPSA) is 77.5 Å². The molecule has 1 aromatic carbocycles. The summed E-state index contributed by atoms with van der Waals surface area (Å²) >= 11 is -2.82. The van der Waals surface area contributed by atoms with Crippen LogP contribution in [0.15, 0.2) is 64.8 Å². The molecule has 1 heterocycles. The molecule has 350 valence electrons. The quantitative estimate of drug-likeness (QED) is 0.0346. The fourth-order valence-corrected chi connectivity index (χ4v) is 32.4. The van der Waals surface area contributed by atoms with Crippen molar-refractivity contribution in [3.8, 4) is 0 Å². The van der Waals surface area contributed by atoms with Crippen LogP contribution in [0.1, 0.15) is 171 Å². The standard InChI is InChI=1S/C40H67O6Si2.3C4H9.Sn/c1-15-17-24-33(45-47(13,14)40(10,11)12)25-26-35(43-39(42)32-22-19-18-20-23-32)31(9)27-34(41)37-38(44-37)36(21-16-2)46-48(28(3)4,29(5)6)30(7)8;3*1-3-4-2;/h15,17-20,22-23,28-30,33-38,41H,2,9,21,24-27H2,1,3-8,10-14H3;3*1,3-4H2,2H3;/b17-15+;;;;/t33-,34+,35-,36+,37-,38+;;;;/m1..../s1. The summed E-state index contributed by atoms with van der Waals surface area (Å²) in [6, 6.07) is 9.16. The van der Waals surface area contributed by atoms with Gasteiger partial charge in [0, 0.05) is 0 Å². The molecule has 0 aliphatic carbocycles. The molecule has 1 fully saturated rings. The van der Waals surface area contributed by atoms with Gasteiger partial charge >= 0.3 is 277 Å². The van der Waals surface area contributed by atoms with Crippen LogP contribution in [0.25, 0.3) is 0 Å². The first-order valence-electron chi connectivity index (χ1n) is 24.5. The van der Waals surface area contributed by atoms with Gasteiger partial charge in [-0.05, 0) is 43.6 Å². The average molecular weight is 990 g/mol. The van der Waals surface area contributed by atoms with E-state index < -0.39 is 47.2 Å². The van der Waals surface area contributed by atoms with Crippen LogP contribution in [-0.4, -0.2) is 82.7 Å². The van der Waals surface area contributed by atoms with Gasteiger partial charge in [-0.15, -0.1) is 0 Å². The molecule has 0 radical (unpaired) electrons. The third kappa shape index (κ3) is 16.4. The van der Waals surface area contributed by atoms with Crippen LogP contribution in [0, 0.1) is 0 Å². The Hall–Kier alpha value is -1.02. The van der Waals surface area contributed by atoms with E-state index in [0.29, 0.717) is 40.6 Å². The van der Waals surface area contributed by atoms with Crippen LogP contribution < -0.4 is 0 Å². The van der Waals surface area contributed by atoms with Crippen molar-refractivity contribution in [2.24, 2.45) is 0 Å². The average Bonchev–Trinajstić information content (AvgIpc) is 4.00. The Morgan fingerprint density at radius 2 is 1.36 bits per heavy atom. The molecule has 1 saturated heterocycles. The smallest absolute Gasteiger partial charge is 0.0622 e. The van der Waals surface area contributed by atoms with Crippen molar-refractivity contribution in [1.82, 2.24) is 0 Å². The molecule has 1 N–H and O–H groups in total. The van der Waals surface area contributed by atoms with Gasteiger partial charge in [-0.1, -0.05) is 51.1 Å². The Morgan fingerprint density at radius 1 is 0.836 bits per heavy atom. The summed E-state index contributed by atoms with van der Waals surface area (Å²) in [5.41, 5.74) is 2.48. The molecule has 0 saturated carbocycles. The number of aliphatic hydroxyl groups is 1. The van der Waals surface area contributed by atoms with E-state index in [4.69, 9.17) is 24.9 Å². The molecule has 6 nitrogen and oxygen atoms in total. The zero-order valence-electron chi connectivity index (χ0n) is 42.0. The summed E-state index contributed by atoms with van der Waals surface area (Å²) in [4.78, 5) is 13.6. The van der Waals surface area contributed by atoms with Crippen LogP contribution in [0.5, 0.6) is 0 Å². The molecule has 0 aromatic heterocycles. The molecule has 1 aliphatic rings. The van der Waals surface area contributed by atoms with Gasteiger partial charge in [-0.3, -0.25) is 0 Å². The number of unbranched alkanes of at least 4 members (excludes halogenated alkanes) is 3. The number of hydrogen-bond acceptors (Lipinski definition) is 6. The van der Waals surface area contributed by atoms with Crippen LogP contribution in [0.3, 0.4) is 0 Å². The summed E-state index contributed by atoms with van der Waals surface area (Å²) < 4.78 is 33.1. The van der Waals surface area contributed by atoms with Gasteiger partial charge in [0.15, 0.2) is 8.32 Å². The van der Waals surface area contributed by atoms with E-state index in [9.17, 15) is 9.90 Å². The predicted molar refractivity (Wildman–Crippen MR) is 269 cm³/mol. The Kier molecular flexibility index (Phi) is 24.1. The number of ether oxygens (including phenoxy) is 2. The summed E-state index contributed by atoms with van der Waals surface area (Å²) in [7, 11) is -4.38. The Bertz CT molecular complexity index is 1440. The molecule has 1 aromatic rings. The second kappa shape index (κ2) is 26.2. The van der Waals surface area contributed by atoms with Crippen molar-refractivity contribution in [3.05, 3.63) is 70.4 Å². The summed E-state index contributed by atoms with van der Waals surface area (Å²) in [6.07, 6.45) is 12.8. The van der Waals surface area contributed by atoms with E-state index in [-0.39, 0.29) is 41.8 Å². The molecular formula is C52H94O6Si2Sn. The number of rotatable bonds is 31. The van der Waals surface area contributed by atoms with E-state index in [1.54, 1.807) is 12.1 Å². The molecule has 61 heavy (non-hydrogen) atoms. The zero-order chi connectivity index (χ0) is 46.2. The third-order valence-electron chi connectivity index (χ3n) is 14.4. The van der Waals surface area contributed by atoms with E-state index in [2.05, 4.69) is 115 Å². The summed E-state index contributed by atoms with van der Waals surface area (Å²) in [5, 5.41) is 12.1. The van der Waals surface area contributed by atoms with Crippen molar-refractivity contribution < 1.29 is 28.2 Å². The Balaban J connectivity index is 2.49. The molecule has 2 rings (SSSR count). The van der Waals surface area contributed by atoms with Crippen molar-refractivity contribution in [1.29, 1.82) is 0 Å². The van der Waals surface area contributed by atoms with Gasteiger partial charge in [-0.2, -0.15) is 0 Å². The van der Waals surface area contributed by atoms with Crippen molar-refractivity contribution >= 4 is 41.0 Å². The van der Waals surface area contributed by atoms with Gasteiger partial charge in [-0.25, -0.2) is 0 Å². The number of esters is 1. The fraction of sp³-hybridized carbons (Fsp3) is 0.750. The number of carbonyl (C=O) groups excluding carboxylic acids is 1. The number of carbonyl (C=O) groups is 1. The predicted octanol–water partition coefficient (Wildman–Crippen LogP) is 15.3. The first-order chi connectivity index (χ1) is 28.6. The summed E-state index contributed by atoms with van der Waals surface area (Å²) in [5.74, 6) is -0.384. The van der Waals surface area contributed by atoms with Gasteiger partial charge in [0.05, 0.1) is 0 Å². The molecule has 1 aliphatic heterocycles. The van der Waals surface area contributed by atoms with Crippen molar-refractivity contribution in [3.63, 3.8) is 0 Å². The van der Waals surface area contributed by atoms with Crippen LogP contribution in [0.2, 0.25) is 48.1 Å². The second-order valence-corrected chi connectivity index (χ2v) is 44.8. The SMILES string of the molecule is C=C(C[C@H](O)[C@H]1O[C@H]1[C@H](C[C](=C)[Sn]([CH2]CCC)([CH2]CCC)[CH2]CCC)O[Si](C(C)C)(C(C)C)C(C)C)[C@@H](CC[C@@H](C/C=C/C)O[Si](C)(C)C(C)(C)C)OC(=O)c1ccccc1. The number of benzene rings is 1. The van der Waals surface area contributed by atoms with Gasteiger partial charge in [0.2, 0.25) is 0 Å². The number of aliphatic hydroxyl groups excluding tert-OH is 1. The van der Waals surface area contributed by atoms with Crippen molar-refractivity contribution in [2.45, 2.75) is 245 Å². The summed E-state index contributed by atoms with van der Waals surface area (Å²) in [6.45, 7) is 44.0. The van der Waals surface area contributed by atoms with Gasteiger partial charge in [0.25, 0.3) is 0 Å². The molecule has 0 unspecified atom stereocenters. The first-order valence-corrected chi connectivity index (χ1v) is 37.0. The molecule has 0 bridgehead atoms. The zero-order valence-corrected chi connectivity index (χ0v) is 46.9. The Labute approximate surface area is 382 Å². The van der Waals surface area contributed by atoms with Gasteiger partial charge in [0.1, 0.15) is 0 Å². The van der Waals surface area contributed by atoms with Gasteiger partial charge < -0.3 is 4.43 Å². The van der Waals surface area contributed by atoms with E-state index in [1.165, 1.54) is 55.4 Å². The molecule has 0 amide bonds.